The molecule has 1 rings (SSSR count). The van der Waals surface area contributed by atoms with E-state index in [9.17, 15) is 0 Å². The second kappa shape index (κ2) is 4.81. The Balaban J connectivity index is 3.12. The van der Waals surface area contributed by atoms with E-state index >= 15 is 0 Å². The predicted molar refractivity (Wildman–Crippen MR) is 66.4 cm³/mol. The molecule has 0 fully saturated rings. The molecule has 13 heavy (non-hydrogen) atoms. The van der Waals surface area contributed by atoms with Crippen LogP contribution in [0, 0.1) is 0 Å². The highest BCUT2D eigenvalue weighted by atomic mass is 79.9. The lowest BCUT2D eigenvalue weighted by molar-refractivity contribution is 0.624. The van der Waals surface area contributed by atoms with Crippen molar-refractivity contribution in [1.82, 2.24) is 0 Å². The van der Waals surface area contributed by atoms with E-state index < -0.39 is 0 Å². The summed E-state index contributed by atoms with van der Waals surface area (Å²) in [5, 5.41) is 2.63. The van der Waals surface area contributed by atoms with Crippen molar-refractivity contribution in [1.29, 1.82) is 0 Å². The van der Waals surface area contributed by atoms with Crippen LogP contribution < -0.4 is 0 Å². The maximum Gasteiger partial charge on any atom is 0.0444 e. The number of halogens is 3. The molecule has 0 atom stereocenters. The van der Waals surface area contributed by atoms with Crippen molar-refractivity contribution in [3.8, 4) is 0 Å². The number of hydrogen-bond acceptors (Lipinski definition) is 0. The summed E-state index contributed by atoms with van der Waals surface area (Å²) in [6, 6.07) is 7.98. The first kappa shape index (κ1) is 11.5. The van der Waals surface area contributed by atoms with Gasteiger partial charge in [-0.05, 0) is 11.6 Å². The number of benzene rings is 1. The van der Waals surface area contributed by atoms with Crippen molar-refractivity contribution in [2.24, 2.45) is 0 Å². The van der Waals surface area contributed by atoms with Crippen molar-refractivity contribution in [2.75, 3.05) is 10.7 Å². The van der Waals surface area contributed by atoms with Crippen LogP contribution >= 0.6 is 43.5 Å². The summed E-state index contributed by atoms with van der Waals surface area (Å²) in [6.07, 6.45) is 0. The summed E-state index contributed by atoms with van der Waals surface area (Å²) in [6.45, 7) is 2.18. The van der Waals surface area contributed by atoms with Crippen LogP contribution in [0.1, 0.15) is 12.5 Å². The predicted octanol–water partition coefficient (Wildman–Crippen LogP) is 4.39. The zero-order chi connectivity index (χ0) is 9.90. The molecule has 0 saturated heterocycles. The Morgan fingerprint density at radius 1 is 1.23 bits per heavy atom. The maximum absolute atomic E-state index is 6.12. The Morgan fingerprint density at radius 2 is 1.77 bits per heavy atom. The third kappa shape index (κ3) is 2.48. The summed E-state index contributed by atoms with van der Waals surface area (Å²) in [4.78, 5) is 0. The lowest BCUT2D eigenvalue weighted by Gasteiger charge is -2.26. The highest BCUT2D eigenvalue weighted by Crippen LogP contribution is 2.33. The van der Waals surface area contributed by atoms with Gasteiger partial charge in [0, 0.05) is 21.1 Å². The molecule has 0 aliphatic heterocycles. The first-order chi connectivity index (χ1) is 6.14. The molecular weight excluding hydrogens is 315 g/mol. The van der Waals surface area contributed by atoms with Gasteiger partial charge in [-0.2, -0.15) is 0 Å². The quantitative estimate of drug-likeness (QED) is 0.723. The van der Waals surface area contributed by atoms with Crippen LogP contribution in [-0.2, 0) is 5.41 Å². The Hall–Kier alpha value is 0.470. The summed E-state index contributed by atoms with van der Waals surface area (Å²) in [5.74, 6) is 0. The molecule has 0 aliphatic carbocycles. The van der Waals surface area contributed by atoms with Gasteiger partial charge >= 0.3 is 0 Å². The van der Waals surface area contributed by atoms with Crippen LogP contribution in [0.2, 0.25) is 5.02 Å². The smallest absolute Gasteiger partial charge is 0.0444 e. The van der Waals surface area contributed by atoms with E-state index in [-0.39, 0.29) is 5.41 Å². The van der Waals surface area contributed by atoms with Crippen molar-refractivity contribution in [3.05, 3.63) is 34.9 Å². The van der Waals surface area contributed by atoms with Gasteiger partial charge in [0.05, 0.1) is 0 Å². The molecule has 0 aromatic heterocycles. The molecule has 0 unspecified atom stereocenters. The molecule has 1 aromatic rings. The molecule has 0 bridgehead atoms. The van der Waals surface area contributed by atoms with Crippen molar-refractivity contribution < 1.29 is 0 Å². The standard InChI is InChI=1S/C10H11Br2Cl/c1-10(6-11,7-12)8-4-2-3-5-9(8)13/h2-5H,6-7H2,1H3. The number of alkyl halides is 2. The van der Waals surface area contributed by atoms with Gasteiger partial charge in [-0.3, -0.25) is 0 Å². The maximum atomic E-state index is 6.12. The molecule has 0 radical (unpaired) electrons. The monoisotopic (exact) mass is 324 g/mol. The van der Waals surface area contributed by atoms with Crippen LogP contribution in [-0.4, -0.2) is 10.7 Å². The molecule has 0 spiro atoms. The average molecular weight is 326 g/mol. The van der Waals surface area contributed by atoms with Gasteiger partial charge in [0.2, 0.25) is 0 Å². The molecule has 72 valence electrons. The minimum Gasteiger partial charge on any atom is -0.0918 e. The van der Waals surface area contributed by atoms with E-state index in [0.29, 0.717) is 0 Å². The highest BCUT2D eigenvalue weighted by molar-refractivity contribution is 9.09. The second-order valence-corrected chi connectivity index (χ2v) is 4.84. The van der Waals surface area contributed by atoms with E-state index in [1.54, 1.807) is 0 Å². The van der Waals surface area contributed by atoms with Crippen molar-refractivity contribution >= 4 is 43.5 Å². The van der Waals surface area contributed by atoms with Crippen LogP contribution in [0.5, 0.6) is 0 Å². The minimum absolute atomic E-state index is 0.0678. The normalized spacial score (nSPS) is 11.7. The fourth-order valence-corrected chi connectivity index (χ4v) is 3.03. The number of hydrogen-bond donors (Lipinski definition) is 0. The van der Waals surface area contributed by atoms with E-state index in [1.165, 1.54) is 5.56 Å². The molecule has 0 N–H and O–H groups in total. The van der Waals surface area contributed by atoms with E-state index in [0.717, 1.165) is 15.7 Å². The SMILES string of the molecule is CC(CBr)(CBr)c1ccccc1Cl. The fraction of sp³-hybridized carbons (Fsp3) is 0.400. The highest BCUT2D eigenvalue weighted by Gasteiger charge is 2.25. The van der Waals surface area contributed by atoms with Gasteiger partial charge in [0.25, 0.3) is 0 Å². The Bertz CT molecular complexity index is 282. The molecule has 0 heterocycles. The summed E-state index contributed by atoms with van der Waals surface area (Å²) < 4.78 is 0. The Labute approximate surface area is 101 Å². The topological polar surface area (TPSA) is 0 Å². The average Bonchev–Trinajstić information content (AvgIpc) is 2.17. The second-order valence-electron chi connectivity index (χ2n) is 3.31. The van der Waals surface area contributed by atoms with Gasteiger partial charge in [-0.25, -0.2) is 0 Å². The lowest BCUT2D eigenvalue weighted by Crippen LogP contribution is -2.26. The van der Waals surface area contributed by atoms with Crippen LogP contribution in [0.4, 0.5) is 0 Å². The minimum atomic E-state index is 0.0678. The molecule has 0 aliphatic rings. The van der Waals surface area contributed by atoms with Gasteiger partial charge in [0.15, 0.2) is 0 Å². The first-order valence-corrected chi connectivity index (χ1v) is 6.63. The molecule has 3 heteroatoms. The van der Waals surface area contributed by atoms with Crippen LogP contribution in [0.3, 0.4) is 0 Å². The molecular formula is C10H11Br2Cl. The van der Waals surface area contributed by atoms with E-state index in [1.807, 2.05) is 18.2 Å². The molecule has 0 nitrogen and oxygen atoms in total. The third-order valence-electron chi connectivity index (χ3n) is 2.11. The summed E-state index contributed by atoms with van der Waals surface area (Å²) >= 11 is 13.2. The van der Waals surface area contributed by atoms with Gasteiger partial charge in [-0.15, -0.1) is 0 Å². The summed E-state index contributed by atoms with van der Waals surface area (Å²) in [7, 11) is 0. The van der Waals surface area contributed by atoms with E-state index in [4.69, 9.17) is 11.6 Å². The first-order valence-electron chi connectivity index (χ1n) is 4.01. The lowest BCUT2D eigenvalue weighted by atomic mass is 9.87. The molecule has 1 aromatic carbocycles. The van der Waals surface area contributed by atoms with Crippen molar-refractivity contribution in [2.45, 2.75) is 12.3 Å². The Morgan fingerprint density at radius 3 is 2.23 bits per heavy atom. The fourth-order valence-electron chi connectivity index (χ4n) is 1.13. The zero-order valence-electron chi connectivity index (χ0n) is 7.36. The zero-order valence-corrected chi connectivity index (χ0v) is 11.3. The third-order valence-corrected chi connectivity index (χ3v) is 4.92. The summed E-state index contributed by atoms with van der Waals surface area (Å²) in [5.41, 5.74) is 1.25. The van der Waals surface area contributed by atoms with Crippen molar-refractivity contribution in [3.63, 3.8) is 0 Å². The van der Waals surface area contributed by atoms with Crippen LogP contribution in [0.15, 0.2) is 24.3 Å². The number of rotatable bonds is 3. The molecule has 0 saturated carbocycles. The van der Waals surface area contributed by atoms with Gasteiger partial charge < -0.3 is 0 Å². The Kier molecular flexibility index (Phi) is 4.27. The van der Waals surface area contributed by atoms with Gasteiger partial charge in [-0.1, -0.05) is 68.6 Å². The molecule has 0 amide bonds. The largest absolute Gasteiger partial charge is 0.0918 e. The van der Waals surface area contributed by atoms with E-state index in [2.05, 4.69) is 44.8 Å². The van der Waals surface area contributed by atoms with Gasteiger partial charge in [0.1, 0.15) is 0 Å². The van der Waals surface area contributed by atoms with Crippen LogP contribution in [0.25, 0.3) is 0 Å².